The zero-order valence-corrected chi connectivity index (χ0v) is 13.7. The second kappa shape index (κ2) is 5.77. The van der Waals surface area contributed by atoms with Gasteiger partial charge in [0.25, 0.3) is 0 Å². The Morgan fingerprint density at radius 2 is 2.39 bits per heavy atom. The number of rotatable bonds is 3. The molecule has 2 rings (SSSR count). The first-order chi connectivity index (χ1) is 8.45. The highest BCUT2D eigenvalue weighted by Gasteiger charge is 2.36. The molecule has 0 radical (unpaired) electrons. The normalized spacial score (nSPS) is 22.1. The van der Waals surface area contributed by atoms with Crippen molar-refractivity contribution in [2.75, 3.05) is 26.3 Å². The minimum Gasteiger partial charge on any atom is -0.378 e. The molecule has 0 aliphatic carbocycles. The molecule has 0 saturated carbocycles. The molecule has 18 heavy (non-hydrogen) atoms. The van der Waals surface area contributed by atoms with Crippen LogP contribution in [0.2, 0.25) is 4.34 Å². The number of nitrogens with zero attached hydrogens (tertiary/aromatic N) is 1. The van der Waals surface area contributed by atoms with Crippen molar-refractivity contribution in [2.45, 2.75) is 25.4 Å². The van der Waals surface area contributed by atoms with Crippen molar-refractivity contribution in [1.82, 2.24) is 4.90 Å². The maximum atomic E-state index is 6.13. The first kappa shape index (κ1) is 14.8. The Balaban J connectivity index is 2.27. The van der Waals surface area contributed by atoms with Crippen LogP contribution in [0.3, 0.4) is 0 Å². The fourth-order valence-corrected chi connectivity index (χ4v) is 4.24. The van der Waals surface area contributed by atoms with E-state index in [1.165, 1.54) is 4.88 Å². The Labute approximate surface area is 125 Å². The zero-order valence-electron chi connectivity index (χ0n) is 10.6. The standard InChI is InChI=1S/C12H18BrClN2OS/c1-12(2)7-17-4-3-16(12)9(6-15)10-5-8(13)11(14)18-10/h5,9H,3-4,6-7,15H2,1-2H3. The molecule has 0 bridgehead atoms. The molecule has 3 nitrogen and oxygen atoms in total. The summed E-state index contributed by atoms with van der Waals surface area (Å²) in [5.74, 6) is 0. The highest BCUT2D eigenvalue weighted by atomic mass is 79.9. The number of ether oxygens (including phenoxy) is 1. The van der Waals surface area contributed by atoms with Gasteiger partial charge in [0.2, 0.25) is 0 Å². The van der Waals surface area contributed by atoms with E-state index in [1.807, 2.05) is 0 Å². The highest BCUT2D eigenvalue weighted by molar-refractivity contribution is 9.10. The van der Waals surface area contributed by atoms with E-state index in [9.17, 15) is 0 Å². The summed E-state index contributed by atoms with van der Waals surface area (Å²) in [6, 6.07) is 2.29. The third-order valence-electron chi connectivity index (χ3n) is 3.30. The lowest BCUT2D eigenvalue weighted by Crippen LogP contribution is -2.55. The van der Waals surface area contributed by atoms with Crippen molar-refractivity contribution in [3.05, 3.63) is 19.8 Å². The second-order valence-corrected chi connectivity index (χ2v) is 7.62. The summed E-state index contributed by atoms with van der Waals surface area (Å²) in [7, 11) is 0. The molecular formula is C12H18BrClN2OS. The van der Waals surface area contributed by atoms with E-state index in [-0.39, 0.29) is 11.6 Å². The Bertz CT molecular complexity index is 405. The van der Waals surface area contributed by atoms with Gasteiger partial charge in [-0.05, 0) is 35.8 Å². The van der Waals surface area contributed by atoms with Gasteiger partial charge in [-0.1, -0.05) is 11.6 Å². The van der Waals surface area contributed by atoms with Crippen LogP contribution in [0.25, 0.3) is 0 Å². The first-order valence-electron chi connectivity index (χ1n) is 5.95. The van der Waals surface area contributed by atoms with E-state index in [4.69, 9.17) is 22.1 Å². The molecule has 0 aromatic carbocycles. The van der Waals surface area contributed by atoms with Crippen molar-refractivity contribution in [1.29, 1.82) is 0 Å². The lowest BCUT2D eigenvalue weighted by molar-refractivity contribution is -0.0706. The Morgan fingerprint density at radius 3 is 2.89 bits per heavy atom. The van der Waals surface area contributed by atoms with Crippen molar-refractivity contribution in [2.24, 2.45) is 5.73 Å². The van der Waals surface area contributed by atoms with Gasteiger partial charge in [0.1, 0.15) is 4.34 Å². The van der Waals surface area contributed by atoms with Gasteiger partial charge < -0.3 is 10.5 Å². The fraction of sp³-hybridized carbons (Fsp3) is 0.667. The van der Waals surface area contributed by atoms with Crippen LogP contribution < -0.4 is 5.73 Å². The summed E-state index contributed by atoms with van der Waals surface area (Å²) in [5, 5.41) is 0. The van der Waals surface area contributed by atoms with E-state index in [2.05, 4.69) is 40.7 Å². The largest absolute Gasteiger partial charge is 0.378 e. The van der Waals surface area contributed by atoms with Gasteiger partial charge in [-0.25, -0.2) is 0 Å². The molecule has 1 aromatic rings. The summed E-state index contributed by atoms with van der Waals surface area (Å²) < 4.78 is 7.30. The van der Waals surface area contributed by atoms with Gasteiger partial charge in [-0.2, -0.15) is 0 Å². The predicted octanol–water partition coefficient (Wildman–Crippen LogP) is 3.27. The molecule has 1 fully saturated rings. The minimum atomic E-state index is 0.00519. The minimum absolute atomic E-state index is 0.00519. The molecule has 2 N–H and O–H groups in total. The summed E-state index contributed by atoms with van der Waals surface area (Å²) in [6.07, 6.45) is 0. The number of nitrogens with two attached hydrogens (primary N) is 1. The summed E-state index contributed by atoms with van der Waals surface area (Å²) in [5.41, 5.74) is 5.99. The van der Waals surface area contributed by atoms with Crippen LogP contribution in [0.1, 0.15) is 24.8 Å². The molecule has 0 spiro atoms. The molecular weight excluding hydrogens is 336 g/mol. The SMILES string of the molecule is CC1(C)COCCN1C(CN)c1cc(Br)c(Cl)s1. The fourth-order valence-electron chi connectivity index (χ4n) is 2.37. The van der Waals surface area contributed by atoms with Crippen LogP contribution in [0.4, 0.5) is 0 Å². The van der Waals surface area contributed by atoms with Crippen molar-refractivity contribution in [3.63, 3.8) is 0 Å². The van der Waals surface area contributed by atoms with Gasteiger partial charge in [0, 0.05) is 28.0 Å². The van der Waals surface area contributed by atoms with Crippen LogP contribution in [0, 0.1) is 0 Å². The van der Waals surface area contributed by atoms with E-state index in [0.29, 0.717) is 6.54 Å². The van der Waals surface area contributed by atoms with Gasteiger partial charge in [0.05, 0.1) is 19.3 Å². The van der Waals surface area contributed by atoms with Crippen LogP contribution in [0.15, 0.2) is 10.5 Å². The number of thiophene rings is 1. The quantitative estimate of drug-likeness (QED) is 0.906. The summed E-state index contributed by atoms with van der Waals surface area (Å²) in [4.78, 5) is 3.63. The maximum absolute atomic E-state index is 6.13. The molecule has 1 saturated heterocycles. The number of halogens is 2. The number of hydrogen-bond donors (Lipinski definition) is 1. The maximum Gasteiger partial charge on any atom is 0.107 e. The van der Waals surface area contributed by atoms with Crippen molar-refractivity contribution >= 4 is 38.9 Å². The Kier molecular flexibility index (Phi) is 4.73. The number of morpholine rings is 1. The van der Waals surface area contributed by atoms with Crippen molar-refractivity contribution < 1.29 is 4.74 Å². The zero-order chi connectivity index (χ0) is 13.3. The van der Waals surface area contributed by atoms with Gasteiger partial charge in [-0.3, -0.25) is 4.90 Å². The van der Waals surface area contributed by atoms with E-state index in [1.54, 1.807) is 11.3 Å². The third kappa shape index (κ3) is 2.92. The molecule has 1 atom stereocenters. The molecule has 6 heteroatoms. The lowest BCUT2D eigenvalue weighted by atomic mass is 9.99. The predicted molar refractivity (Wildman–Crippen MR) is 80.4 cm³/mol. The van der Waals surface area contributed by atoms with Crippen LogP contribution in [-0.2, 0) is 4.74 Å². The molecule has 2 heterocycles. The molecule has 1 unspecified atom stereocenters. The van der Waals surface area contributed by atoms with Crippen molar-refractivity contribution in [3.8, 4) is 0 Å². The van der Waals surface area contributed by atoms with Crippen LogP contribution >= 0.6 is 38.9 Å². The summed E-state index contributed by atoms with van der Waals surface area (Å²) >= 11 is 11.2. The average Bonchev–Trinajstić information content (AvgIpc) is 2.62. The lowest BCUT2D eigenvalue weighted by Gasteiger charge is -2.46. The first-order valence-corrected chi connectivity index (χ1v) is 7.94. The Morgan fingerprint density at radius 1 is 1.67 bits per heavy atom. The second-order valence-electron chi connectivity index (χ2n) is 5.08. The van der Waals surface area contributed by atoms with E-state index in [0.717, 1.165) is 28.6 Å². The Hall–Kier alpha value is 0.350. The van der Waals surface area contributed by atoms with E-state index >= 15 is 0 Å². The smallest absolute Gasteiger partial charge is 0.107 e. The molecule has 1 aliphatic rings. The topological polar surface area (TPSA) is 38.5 Å². The summed E-state index contributed by atoms with van der Waals surface area (Å²) in [6.45, 7) is 7.39. The van der Waals surface area contributed by atoms with E-state index < -0.39 is 0 Å². The molecule has 1 aromatic heterocycles. The highest BCUT2D eigenvalue weighted by Crippen LogP contribution is 2.39. The van der Waals surface area contributed by atoms with Gasteiger partial charge >= 0.3 is 0 Å². The van der Waals surface area contributed by atoms with Gasteiger partial charge in [-0.15, -0.1) is 11.3 Å². The molecule has 102 valence electrons. The molecule has 1 aliphatic heterocycles. The third-order valence-corrected chi connectivity index (χ3v) is 5.88. The molecule has 0 amide bonds. The monoisotopic (exact) mass is 352 g/mol. The van der Waals surface area contributed by atoms with Crippen LogP contribution in [0.5, 0.6) is 0 Å². The number of hydrogen-bond acceptors (Lipinski definition) is 4. The van der Waals surface area contributed by atoms with Gasteiger partial charge in [0.15, 0.2) is 0 Å². The average molecular weight is 354 g/mol. The van der Waals surface area contributed by atoms with Crippen LogP contribution in [-0.4, -0.2) is 36.7 Å².